The first-order valence-electron chi connectivity index (χ1n) is 5.09. The van der Waals surface area contributed by atoms with Gasteiger partial charge in [-0.25, -0.2) is 4.98 Å². The van der Waals surface area contributed by atoms with Crippen LogP contribution in [0.1, 0.15) is 0 Å². The standard InChI is InChI=1S/C9H12N4O3S/c10-9-7(13(14)15)1-2-8(11-9)12-3-5-17(16)6-4-12/h1-2H,3-6H2,(H2,10,11). The molecule has 1 fully saturated rings. The van der Waals surface area contributed by atoms with Crippen LogP contribution in [-0.4, -0.2) is 38.7 Å². The molecule has 0 atom stereocenters. The van der Waals surface area contributed by atoms with Crippen molar-refractivity contribution in [2.45, 2.75) is 0 Å². The number of rotatable bonds is 2. The third kappa shape index (κ3) is 2.52. The Morgan fingerprint density at radius 1 is 1.41 bits per heavy atom. The SMILES string of the molecule is Nc1nc(N2CCS(=O)CC2)ccc1[N+](=O)[O-]. The highest BCUT2D eigenvalue weighted by Crippen LogP contribution is 2.23. The van der Waals surface area contributed by atoms with Crippen molar-refractivity contribution in [2.75, 3.05) is 35.2 Å². The largest absolute Gasteiger partial charge is 0.378 e. The molecule has 1 aromatic heterocycles. The molecule has 0 saturated carbocycles. The second-order valence-electron chi connectivity index (χ2n) is 3.67. The lowest BCUT2D eigenvalue weighted by Gasteiger charge is -2.27. The van der Waals surface area contributed by atoms with E-state index in [0.717, 1.165) is 0 Å². The van der Waals surface area contributed by atoms with Crippen molar-refractivity contribution in [3.8, 4) is 0 Å². The zero-order chi connectivity index (χ0) is 12.4. The van der Waals surface area contributed by atoms with E-state index in [-0.39, 0.29) is 11.5 Å². The van der Waals surface area contributed by atoms with Gasteiger partial charge in [0.05, 0.1) is 4.92 Å². The Bertz CT molecular complexity index is 469. The molecule has 1 saturated heterocycles. The Morgan fingerprint density at radius 3 is 2.59 bits per heavy atom. The van der Waals surface area contributed by atoms with Gasteiger partial charge in [0.2, 0.25) is 5.82 Å². The van der Waals surface area contributed by atoms with E-state index in [1.54, 1.807) is 6.07 Å². The quantitative estimate of drug-likeness (QED) is 0.596. The first-order chi connectivity index (χ1) is 8.08. The van der Waals surface area contributed by atoms with E-state index in [9.17, 15) is 14.3 Å². The van der Waals surface area contributed by atoms with Gasteiger partial charge in [-0.2, -0.15) is 0 Å². The normalized spacial score (nSPS) is 17.1. The van der Waals surface area contributed by atoms with E-state index in [4.69, 9.17) is 5.73 Å². The van der Waals surface area contributed by atoms with Gasteiger partial charge in [-0.1, -0.05) is 0 Å². The summed E-state index contributed by atoms with van der Waals surface area (Å²) in [6.07, 6.45) is 0. The fourth-order valence-corrected chi connectivity index (χ4v) is 2.71. The molecule has 0 radical (unpaired) electrons. The number of aromatic nitrogens is 1. The predicted molar refractivity (Wildman–Crippen MR) is 65.4 cm³/mol. The Labute approximate surface area is 100 Å². The molecule has 17 heavy (non-hydrogen) atoms. The van der Waals surface area contributed by atoms with Gasteiger partial charge in [-0.15, -0.1) is 0 Å². The van der Waals surface area contributed by atoms with Crippen LogP contribution in [-0.2, 0) is 10.8 Å². The molecule has 0 spiro atoms. The summed E-state index contributed by atoms with van der Waals surface area (Å²) in [5, 5.41) is 10.6. The number of nitrogen functional groups attached to an aromatic ring is 1. The predicted octanol–water partition coefficient (Wildman–Crippen LogP) is 0.141. The Balaban J connectivity index is 2.20. The van der Waals surface area contributed by atoms with E-state index in [1.807, 2.05) is 4.90 Å². The van der Waals surface area contributed by atoms with Crippen LogP contribution < -0.4 is 10.6 Å². The molecule has 0 aromatic carbocycles. The molecule has 0 bridgehead atoms. The minimum atomic E-state index is -0.761. The van der Waals surface area contributed by atoms with Crippen molar-refractivity contribution < 1.29 is 9.13 Å². The number of anilines is 2. The molecule has 1 aromatic rings. The van der Waals surface area contributed by atoms with Gasteiger partial charge >= 0.3 is 5.69 Å². The highest BCUT2D eigenvalue weighted by Gasteiger charge is 2.19. The summed E-state index contributed by atoms with van der Waals surface area (Å²) in [7, 11) is -0.761. The van der Waals surface area contributed by atoms with Crippen molar-refractivity contribution in [3.05, 3.63) is 22.2 Å². The highest BCUT2D eigenvalue weighted by atomic mass is 32.2. The summed E-state index contributed by atoms with van der Waals surface area (Å²) < 4.78 is 11.2. The minimum Gasteiger partial charge on any atom is -0.378 e. The lowest BCUT2D eigenvalue weighted by atomic mass is 10.3. The van der Waals surface area contributed by atoms with Gasteiger partial charge in [0, 0.05) is 41.5 Å². The van der Waals surface area contributed by atoms with E-state index in [1.165, 1.54) is 6.07 Å². The van der Waals surface area contributed by atoms with Crippen LogP contribution in [0.15, 0.2) is 12.1 Å². The average molecular weight is 256 g/mol. The van der Waals surface area contributed by atoms with Gasteiger partial charge in [-0.05, 0) is 6.07 Å². The van der Waals surface area contributed by atoms with Gasteiger partial charge in [0.15, 0.2) is 0 Å². The van der Waals surface area contributed by atoms with Crippen molar-refractivity contribution in [3.63, 3.8) is 0 Å². The van der Waals surface area contributed by atoms with Crippen molar-refractivity contribution in [1.29, 1.82) is 0 Å². The third-order valence-electron chi connectivity index (χ3n) is 2.59. The Morgan fingerprint density at radius 2 is 2.06 bits per heavy atom. The van der Waals surface area contributed by atoms with Crippen LogP contribution in [0.2, 0.25) is 0 Å². The molecule has 2 heterocycles. The lowest BCUT2D eigenvalue weighted by molar-refractivity contribution is -0.384. The fourth-order valence-electron chi connectivity index (χ4n) is 1.65. The summed E-state index contributed by atoms with van der Waals surface area (Å²) >= 11 is 0. The molecule has 1 aliphatic heterocycles. The highest BCUT2D eigenvalue weighted by molar-refractivity contribution is 7.85. The van der Waals surface area contributed by atoms with E-state index in [0.29, 0.717) is 30.4 Å². The van der Waals surface area contributed by atoms with Crippen molar-refractivity contribution >= 4 is 28.1 Å². The summed E-state index contributed by atoms with van der Waals surface area (Å²) in [5.41, 5.74) is 5.33. The van der Waals surface area contributed by atoms with Gasteiger partial charge in [0.25, 0.3) is 0 Å². The van der Waals surface area contributed by atoms with Gasteiger partial charge in [0.1, 0.15) is 5.82 Å². The topological polar surface area (TPSA) is 102 Å². The first-order valence-corrected chi connectivity index (χ1v) is 6.57. The first kappa shape index (κ1) is 11.8. The van der Waals surface area contributed by atoms with Gasteiger partial charge in [-0.3, -0.25) is 14.3 Å². The maximum atomic E-state index is 11.2. The smallest absolute Gasteiger partial charge is 0.311 e. The number of hydrogen-bond donors (Lipinski definition) is 1. The van der Waals surface area contributed by atoms with E-state index >= 15 is 0 Å². The third-order valence-corrected chi connectivity index (χ3v) is 3.86. The fraction of sp³-hybridized carbons (Fsp3) is 0.444. The molecule has 2 N–H and O–H groups in total. The second-order valence-corrected chi connectivity index (χ2v) is 5.36. The number of nitrogens with two attached hydrogens (primary N) is 1. The Kier molecular flexibility index (Phi) is 3.23. The van der Waals surface area contributed by atoms with Crippen LogP contribution in [0, 0.1) is 10.1 Å². The summed E-state index contributed by atoms with van der Waals surface area (Å²) in [6, 6.07) is 2.92. The molecule has 0 unspecified atom stereocenters. The minimum absolute atomic E-state index is 0.0841. The summed E-state index contributed by atoms with van der Waals surface area (Å²) in [6.45, 7) is 1.27. The number of nitro groups is 1. The lowest BCUT2D eigenvalue weighted by Crippen LogP contribution is -2.38. The zero-order valence-electron chi connectivity index (χ0n) is 9.04. The number of nitrogens with zero attached hydrogens (tertiary/aromatic N) is 3. The molecule has 8 heteroatoms. The summed E-state index contributed by atoms with van der Waals surface area (Å²) in [5.74, 6) is 1.71. The Hall–Kier alpha value is -1.70. The molecular weight excluding hydrogens is 244 g/mol. The molecule has 7 nitrogen and oxygen atoms in total. The van der Waals surface area contributed by atoms with E-state index < -0.39 is 15.7 Å². The number of hydrogen-bond acceptors (Lipinski definition) is 6. The van der Waals surface area contributed by atoms with Crippen LogP contribution >= 0.6 is 0 Å². The summed E-state index contributed by atoms with van der Waals surface area (Å²) in [4.78, 5) is 16.0. The van der Waals surface area contributed by atoms with Crippen LogP contribution in [0.4, 0.5) is 17.3 Å². The molecule has 2 rings (SSSR count). The van der Waals surface area contributed by atoms with Crippen molar-refractivity contribution in [1.82, 2.24) is 4.98 Å². The maximum Gasteiger partial charge on any atom is 0.311 e. The van der Waals surface area contributed by atoms with Crippen molar-refractivity contribution in [2.24, 2.45) is 0 Å². The average Bonchev–Trinajstić information content (AvgIpc) is 2.29. The molecule has 0 aliphatic carbocycles. The van der Waals surface area contributed by atoms with Crippen LogP contribution in [0.25, 0.3) is 0 Å². The molecule has 1 aliphatic rings. The monoisotopic (exact) mass is 256 g/mol. The molecule has 92 valence electrons. The van der Waals surface area contributed by atoms with Crippen LogP contribution in [0.5, 0.6) is 0 Å². The number of pyridine rings is 1. The molecular formula is C9H12N4O3S. The van der Waals surface area contributed by atoms with Gasteiger partial charge < -0.3 is 10.6 Å². The zero-order valence-corrected chi connectivity index (χ0v) is 9.85. The van der Waals surface area contributed by atoms with E-state index in [2.05, 4.69) is 4.98 Å². The maximum absolute atomic E-state index is 11.2. The molecule has 0 amide bonds. The second kappa shape index (κ2) is 4.66. The van der Waals surface area contributed by atoms with Crippen LogP contribution in [0.3, 0.4) is 0 Å².